The summed E-state index contributed by atoms with van der Waals surface area (Å²) in [5.74, 6) is 0. The molecule has 68 valence electrons. The largest absolute Gasteiger partial charge is 0.464 e. The molecule has 0 bridgehead atoms. The standard InChI is InChI=1S/C13H10O/c1-9-8-14-12-7-6-10-4-2-3-5-11(10)13(9)12/h2-8H,1H3. The fourth-order valence-electron chi connectivity index (χ4n) is 1.97. The summed E-state index contributed by atoms with van der Waals surface area (Å²) < 4.78 is 5.46. The molecule has 0 saturated heterocycles. The smallest absolute Gasteiger partial charge is 0.134 e. The first-order valence-electron chi connectivity index (χ1n) is 4.72. The first-order valence-corrected chi connectivity index (χ1v) is 4.72. The van der Waals surface area contributed by atoms with Crippen molar-refractivity contribution >= 4 is 21.7 Å². The minimum Gasteiger partial charge on any atom is -0.464 e. The third-order valence-corrected chi connectivity index (χ3v) is 2.65. The number of hydrogen-bond donors (Lipinski definition) is 0. The third-order valence-electron chi connectivity index (χ3n) is 2.65. The molecule has 0 unspecified atom stereocenters. The maximum Gasteiger partial charge on any atom is 0.134 e. The summed E-state index contributed by atoms with van der Waals surface area (Å²) in [6, 6.07) is 12.5. The van der Waals surface area contributed by atoms with Crippen molar-refractivity contribution in [3.05, 3.63) is 48.2 Å². The molecule has 1 aromatic heterocycles. The van der Waals surface area contributed by atoms with Crippen LogP contribution in [0.1, 0.15) is 5.56 Å². The Bertz CT molecular complexity index is 605. The van der Waals surface area contributed by atoms with Gasteiger partial charge in [0.15, 0.2) is 0 Å². The summed E-state index contributed by atoms with van der Waals surface area (Å²) in [4.78, 5) is 0. The van der Waals surface area contributed by atoms with Gasteiger partial charge in [-0.05, 0) is 29.3 Å². The van der Waals surface area contributed by atoms with Crippen LogP contribution < -0.4 is 0 Å². The van der Waals surface area contributed by atoms with Gasteiger partial charge in [0.05, 0.1) is 6.26 Å². The molecule has 0 aliphatic rings. The number of fused-ring (bicyclic) bond motifs is 3. The molecule has 1 heterocycles. The van der Waals surface area contributed by atoms with Crippen molar-refractivity contribution in [1.82, 2.24) is 0 Å². The van der Waals surface area contributed by atoms with E-state index in [1.54, 1.807) is 0 Å². The zero-order chi connectivity index (χ0) is 9.54. The van der Waals surface area contributed by atoms with Crippen LogP contribution in [0.25, 0.3) is 21.7 Å². The van der Waals surface area contributed by atoms with Crippen molar-refractivity contribution in [3.63, 3.8) is 0 Å². The Morgan fingerprint density at radius 1 is 1.00 bits per heavy atom. The maximum atomic E-state index is 5.46. The predicted molar refractivity (Wildman–Crippen MR) is 58.5 cm³/mol. The Kier molecular flexibility index (Phi) is 1.42. The first-order chi connectivity index (χ1) is 6.86. The molecule has 3 aromatic rings. The van der Waals surface area contributed by atoms with E-state index in [0.717, 1.165) is 5.58 Å². The molecule has 0 radical (unpaired) electrons. The molecule has 0 N–H and O–H groups in total. The van der Waals surface area contributed by atoms with E-state index in [1.165, 1.54) is 21.7 Å². The van der Waals surface area contributed by atoms with Crippen molar-refractivity contribution in [3.8, 4) is 0 Å². The number of aryl methyl sites for hydroxylation is 1. The van der Waals surface area contributed by atoms with E-state index in [-0.39, 0.29) is 0 Å². The Morgan fingerprint density at radius 3 is 2.79 bits per heavy atom. The van der Waals surface area contributed by atoms with Crippen LogP contribution in [-0.2, 0) is 0 Å². The first kappa shape index (κ1) is 7.63. The molecule has 0 atom stereocenters. The summed E-state index contributed by atoms with van der Waals surface area (Å²) in [5, 5.41) is 3.78. The second-order valence-electron chi connectivity index (χ2n) is 3.58. The van der Waals surface area contributed by atoms with Crippen LogP contribution in [0.3, 0.4) is 0 Å². The van der Waals surface area contributed by atoms with Gasteiger partial charge in [0.25, 0.3) is 0 Å². The zero-order valence-electron chi connectivity index (χ0n) is 7.95. The van der Waals surface area contributed by atoms with Gasteiger partial charge in [0.2, 0.25) is 0 Å². The van der Waals surface area contributed by atoms with Gasteiger partial charge < -0.3 is 4.42 Å². The predicted octanol–water partition coefficient (Wildman–Crippen LogP) is 3.89. The third kappa shape index (κ3) is 0.896. The number of hydrogen-bond acceptors (Lipinski definition) is 1. The van der Waals surface area contributed by atoms with Gasteiger partial charge in [-0.1, -0.05) is 30.3 Å². The average Bonchev–Trinajstić information content (AvgIpc) is 2.61. The fourth-order valence-corrected chi connectivity index (χ4v) is 1.97. The van der Waals surface area contributed by atoms with Crippen molar-refractivity contribution in [2.24, 2.45) is 0 Å². The summed E-state index contributed by atoms with van der Waals surface area (Å²) in [6.45, 7) is 2.08. The monoisotopic (exact) mass is 182 g/mol. The van der Waals surface area contributed by atoms with E-state index in [1.807, 2.05) is 12.3 Å². The van der Waals surface area contributed by atoms with E-state index in [4.69, 9.17) is 4.42 Å². The van der Waals surface area contributed by atoms with Crippen LogP contribution in [0.5, 0.6) is 0 Å². The molecule has 0 spiro atoms. The van der Waals surface area contributed by atoms with E-state index in [9.17, 15) is 0 Å². The Balaban J connectivity index is 2.65. The summed E-state index contributed by atoms with van der Waals surface area (Å²) in [5.41, 5.74) is 2.18. The van der Waals surface area contributed by atoms with E-state index < -0.39 is 0 Å². The quantitative estimate of drug-likeness (QED) is 0.514. The molecule has 14 heavy (non-hydrogen) atoms. The van der Waals surface area contributed by atoms with Gasteiger partial charge in [-0.25, -0.2) is 0 Å². The van der Waals surface area contributed by atoms with Crippen molar-refractivity contribution in [2.45, 2.75) is 6.92 Å². The minimum absolute atomic E-state index is 0.973. The lowest BCUT2D eigenvalue weighted by atomic mass is 10.0. The van der Waals surface area contributed by atoms with E-state index in [0.29, 0.717) is 0 Å². The number of furan rings is 1. The van der Waals surface area contributed by atoms with Crippen LogP contribution >= 0.6 is 0 Å². The van der Waals surface area contributed by atoms with Gasteiger partial charge in [-0.2, -0.15) is 0 Å². The highest BCUT2D eigenvalue weighted by Gasteiger charge is 2.05. The molecular formula is C13H10O. The Hall–Kier alpha value is -1.76. The molecule has 0 aliphatic heterocycles. The Morgan fingerprint density at radius 2 is 1.86 bits per heavy atom. The Labute approximate surface area is 82.0 Å². The normalized spacial score (nSPS) is 11.2. The van der Waals surface area contributed by atoms with Gasteiger partial charge in [-0.15, -0.1) is 0 Å². The highest BCUT2D eigenvalue weighted by molar-refractivity contribution is 6.07. The average molecular weight is 182 g/mol. The fraction of sp³-hybridized carbons (Fsp3) is 0.0769. The molecule has 1 nitrogen and oxygen atoms in total. The van der Waals surface area contributed by atoms with Crippen LogP contribution in [0.4, 0.5) is 0 Å². The molecule has 0 fully saturated rings. The van der Waals surface area contributed by atoms with Gasteiger partial charge in [0.1, 0.15) is 5.58 Å². The van der Waals surface area contributed by atoms with E-state index in [2.05, 4.69) is 37.3 Å². The van der Waals surface area contributed by atoms with Gasteiger partial charge >= 0.3 is 0 Å². The molecular weight excluding hydrogens is 172 g/mol. The summed E-state index contributed by atoms with van der Waals surface area (Å²) >= 11 is 0. The SMILES string of the molecule is Cc1coc2ccc3ccccc3c12. The molecule has 0 aliphatic carbocycles. The second kappa shape index (κ2) is 2.61. The zero-order valence-corrected chi connectivity index (χ0v) is 7.95. The molecule has 1 heteroatoms. The lowest BCUT2D eigenvalue weighted by molar-refractivity contribution is 0.613. The van der Waals surface area contributed by atoms with Gasteiger partial charge in [0, 0.05) is 5.39 Å². The van der Waals surface area contributed by atoms with Crippen molar-refractivity contribution in [1.29, 1.82) is 0 Å². The van der Waals surface area contributed by atoms with Crippen molar-refractivity contribution < 1.29 is 4.42 Å². The highest BCUT2D eigenvalue weighted by Crippen LogP contribution is 2.28. The number of rotatable bonds is 0. The van der Waals surface area contributed by atoms with Crippen LogP contribution in [0.15, 0.2) is 47.1 Å². The van der Waals surface area contributed by atoms with Crippen LogP contribution in [0.2, 0.25) is 0 Å². The van der Waals surface area contributed by atoms with E-state index >= 15 is 0 Å². The number of benzene rings is 2. The van der Waals surface area contributed by atoms with Gasteiger partial charge in [-0.3, -0.25) is 0 Å². The molecule has 2 aromatic carbocycles. The summed E-state index contributed by atoms with van der Waals surface area (Å²) in [6.07, 6.45) is 1.82. The molecule has 0 amide bonds. The highest BCUT2D eigenvalue weighted by atomic mass is 16.3. The van der Waals surface area contributed by atoms with Crippen LogP contribution in [0, 0.1) is 6.92 Å². The van der Waals surface area contributed by atoms with Crippen molar-refractivity contribution in [2.75, 3.05) is 0 Å². The summed E-state index contributed by atoms with van der Waals surface area (Å²) in [7, 11) is 0. The lowest BCUT2D eigenvalue weighted by Gasteiger charge is -1.98. The van der Waals surface area contributed by atoms with Crippen LogP contribution in [-0.4, -0.2) is 0 Å². The second-order valence-corrected chi connectivity index (χ2v) is 3.58. The molecule has 3 rings (SSSR count). The minimum atomic E-state index is 0.973. The topological polar surface area (TPSA) is 13.1 Å². The maximum absolute atomic E-state index is 5.46. The molecule has 0 saturated carbocycles. The lowest BCUT2D eigenvalue weighted by Crippen LogP contribution is -1.74.